The maximum Gasteiger partial charge on any atom is 0.136 e. The van der Waals surface area contributed by atoms with Gasteiger partial charge in [-0.1, -0.05) is 103 Å². The molecule has 0 bridgehead atoms. The summed E-state index contributed by atoms with van der Waals surface area (Å²) in [5.41, 5.74) is 10.4. The van der Waals surface area contributed by atoms with E-state index in [1.807, 2.05) is 17.4 Å². The molecule has 3 heterocycles. The smallest absolute Gasteiger partial charge is 0.136 e. The highest BCUT2D eigenvalue weighted by atomic mass is 32.1. The largest absolute Gasteiger partial charge is 0.456 e. The van der Waals surface area contributed by atoms with Gasteiger partial charge < -0.3 is 8.98 Å². The molecular formula is C38H23NOS. The molecule has 0 unspecified atom stereocenters. The molecule has 3 aromatic heterocycles. The zero-order valence-corrected chi connectivity index (χ0v) is 22.9. The normalized spacial score (nSPS) is 11.9. The first kappa shape index (κ1) is 22.7. The fourth-order valence-electron chi connectivity index (χ4n) is 6.53. The van der Waals surface area contributed by atoms with Gasteiger partial charge in [0.1, 0.15) is 11.2 Å². The van der Waals surface area contributed by atoms with E-state index in [-0.39, 0.29) is 0 Å². The third-order valence-electron chi connectivity index (χ3n) is 8.23. The highest BCUT2D eigenvalue weighted by molar-refractivity contribution is 7.26. The van der Waals surface area contributed by atoms with Crippen LogP contribution < -0.4 is 0 Å². The van der Waals surface area contributed by atoms with Crippen LogP contribution in [0.15, 0.2) is 144 Å². The van der Waals surface area contributed by atoms with E-state index in [9.17, 15) is 0 Å². The summed E-state index contributed by atoms with van der Waals surface area (Å²) < 4.78 is 11.3. The first-order valence-electron chi connectivity index (χ1n) is 13.9. The van der Waals surface area contributed by atoms with Gasteiger partial charge in [-0.25, -0.2) is 0 Å². The van der Waals surface area contributed by atoms with Gasteiger partial charge in [-0.3, -0.25) is 0 Å². The summed E-state index contributed by atoms with van der Waals surface area (Å²) in [5.74, 6) is 0. The number of hydrogen-bond acceptors (Lipinski definition) is 2. The molecule has 0 amide bonds. The van der Waals surface area contributed by atoms with Gasteiger partial charge in [-0.05, 0) is 58.7 Å². The molecule has 0 saturated heterocycles. The quantitative estimate of drug-likeness (QED) is 0.217. The van der Waals surface area contributed by atoms with Crippen molar-refractivity contribution in [3.8, 4) is 27.9 Å². The average molecular weight is 542 g/mol. The van der Waals surface area contributed by atoms with Gasteiger partial charge >= 0.3 is 0 Å². The van der Waals surface area contributed by atoms with Crippen LogP contribution in [0.3, 0.4) is 0 Å². The molecule has 0 atom stereocenters. The van der Waals surface area contributed by atoms with Gasteiger partial charge in [-0.15, -0.1) is 11.3 Å². The van der Waals surface area contributed by atoms with Gasteiger partial charge in [0.05, 0.1) is 15.7 Å². The predicted octanol–water partition coefficient (Wildman–Crippen LogP) is 11.2. The lowest BCUT2D eigenvalue weighted by Crippen LogP contribution is -1.94. The Labute approximate surface area is 240 Å². The van der Waals surface area contributed by atoms with Gasteiger partial charge in [0, 0.05) is 31.9 Å². The lowest BCUT2D eigenvalue weighted by Gasteiger charge is -2.14. The Balaban J connectivity index is 1.41. The molecule has 0 radical (unpaired) electrons. The van der Waals surface area contributed by atoms with Crippen LogP contribution in [0.1, 0.15) is 0 Å². The minimum Gasteiger partial charge on any atom is -0.456 e. The Morgan fingerprint density at radius 2 is 1.07 bits per heavy atom. The average Bonchev–Trinajstić information content (AvgIpc) is 3.70. The van der Waals surface area contributed by atoms with Crippen molar-refractivity contribution in [3.05, 3.63) is 140 Å². The van der Waals surface area contributed by atoms with E-state index >= 15 is 0 Å². The number of rotatable bonds is 3. The van der Waals surface area contributed by atoms with Crippen molar-refractivity contribution in [2.45, 2.75) is 0 Å². The number of fused-ring (bicyclic) bond motifs is 8. The van der Waals surface area contributed by atoms with Gasteiger partial charge in [0.25, 0.3) is 0 Å². The molecule has 9 aromatic rings. The van der Waals surface area contributed by atoms with Crippen molar-refractivity contribution in [2.75, 3.05) is 0 Å². The zero-order valence-electron chi connectivity index (χ0n) is 22.0. The topological polar surface area (TPSA) is 18.1 Å². The molecule has 0 aliphatic rings. The molecule has 0 aliphatic heterocycles. The number of nitrogens with zero attached hydrogens (tertiary/aromatic N) is 1. The molecule has 41 heavy (non-hydrogen) atoms. The zero-order chi connectivity index (χ0) is 26.9. The summed E-state index contributed by atoms with van der Waals surface area (Å²) in [4.78, 5) is 0. The summed E-state index contributed by atoms with van der Waals surface area (Å²) in [5, 5.41) is 4.90. The maximum absolute atomic E-state index is 6.27. The molecule has 192 valence electrons. The molecule has 0 aliphatic carbocycles. The SMILES string of the molecule is c1ccc(-n2c3ccccc3c3sc4cccc(-c5ccccc5-c5cccc6oc7ccccc7c56)c4c32)cc1. The van der Waals surface area contributed by atoms with Crippen molar-refractivity contribution < 1.29 is 4.42 Å². The summed E-state index contributed by atoms with van der Waals surface area (Å²) in [6.45, 7) is 0. The van der Waals surface area contributed by atoms with Crippen molar-refractivity contribution in [3.63, 3.8) is 0 Å². The summed E-state index contributed by atoms with van der Waals surface area (Å²) >= 11 is 1.89. The second kappa shape index (κ2) is 8.69. The molecule has 3 heteroatoms. The van der Waals surface area contributed by atoms with Crippen molar-refractivity contribution in [2.24, 2.45) is 0 Å². The van der Waals surface area contributed by atoms with E-state index in [4.69, 9.17) is 4.42 Å². The Kier molecular flexibility index (Phi) is 4.80. The Bertz CT molecular complexity index is 2420. The Morgan fingerprint density at radius 1 is 0.463 bits per heavy atom. The van der Waals surface area contributed by atoms with Crippen molar-refractivity contribution >= 4 is 64.5 Å². The first-order valence-corrected chi connectivity index (χ1v) is 14.7. The number of hydrogen-bond donors (Lipinski definition) is 0. The maximum atomic E-state index is 6.27. The number of furan rings is 1. The van der Waals surface area contributed by atoms with Crippen LogP contribution in [0.5, 0.6) is 0 Å². The minimum atomic E-state index is 0.916. The van der Waals surface area contributed by atoms with Gasteiger partial charge in [0.2, 0.25) is 0 Å². The third kappa shape index (κ3) is 3.24. The van der Waals surface area contributed by atoms with Gasteiger partial charge in [0.15, 0.2) is 0 Å². The second-order valence-corrected chi connectivity index (χ2v) is 11.5. The van der Waals surface area contributed by atoms with Crippen LogP contribution in [-0.4, -0.2) is 4.57 Å². The molecular weight excluding hydrogens is 518 g/mol. The Hall–Kier alpha value is -5.12. The Morgan fingerprint density at radius 3 is 1.90 bits per heavy atom. The van der Waals surface area contributed by atoms with E-state index in [2.05, 4.69) is 138 Å². The highest BCUT2D eigenvalue weighted by Crippen LogP contribution is 2.48. The lowest BCUT2D eigenvalue weighted by molar-refractivity contribution is 0.669. The molecule has 9 rings (SSSR count). The van der Waals surface area contributed by atoms with Crippen LogP contribution in [0.25, 0.3) is 81.1 Å². The van der Waals surface area contributed by atoms with E-state index in [0.717, 1.165) is 21.9 Å². The molecule has 6 aromatic carbocycles. The number of para-hydroxylation sites is 3. The number of thiophene rings is 1. The first-order chi connectivity index (χ1) is 20.4. The van der Waals surface area contributed by atoms with E-state index in [1.165, 1.54) is 59.1 Å². The monoisotopic (exact) mass is 541 g/mol. The summed E-state index contributed by atoms with van der Waals surface area (Å²) in [6.07, 6.45) is 0. The fourth-order valence-corrected chi connectivity index (χ4v) is 7.78. The molecule has 0 spiro atoms. The molecule has 0 fully saturated rings. The van der Waals surface area contributed by atoms with Crippen LogP contribution in [0, 0.1) is 0 Å². The van der Waals surface area contributed by atoms with E-state index < -0.39 is 0 Å². The summed E-state index contributed by atoms with van der Waals surface area (Å²) in [6, 6.07) is 49.8. The molecule has 2 nitrogen and oxygen atoms in total. The van der Waals surface area contributed by atoms with E-state index in [0.29, 0.717) is 0 Å². The molecule has 0 saturated carbocycles. The van der Waals surface area contributed by atoms with Crippen LogP contribution >= 0.6 is 11.3 Å². The third-order valence-corrected chi connectivity index (χ3v) is 9.41. The highest BCUT2D eigenvalue weighted by Gasteiger charge is 2.22. The summed E-state index contributed by atoms with van der Waals surface area (Å²) in [7, 11) is 0. The second-order valence-electron chi connectivity index (χ2n) is 10.5. The fraction of sp³-hybridized carbons (Fsp3) is 0. The van der Waals surface area contributed by atoms with Crippen molar-refractivity contribution in [1.82, 2.24) is 4.57 Å². The van der Waals surface area contributed by atoms with Crippen molar-refractivity contribution in [1.29, 1.82) is 0 Å². The number of benzene rings is 6. The minimum absolute atomic E-state index is 0.916. The van der Waals surface area contributed by atoms with Crippen LogP contribution in [-0.2, 0) is 0 Å². The lowest BCUT2D eigenvalue weighted by atomic mass is 9.90. The standard InChI is InChI=1S/C38H23NOS/c1-2-12-24(13-3-1)39-31-20-8-6-16-29(31)38-37(39)36-28(19-11-23-34(36)41-38)26-15-5-4-14-25(26)27-18-10-22-33-35(27)30-17-7-9-21-32(30)40-33/h1-23H. The van der Waals surface area contributed by atoms with Crippen LogP contribution in [0.2, 0.25) is 0 Å². The molecule has 0 N–H and O–H groups in total. The van der Waals surface area contributed by atoms with Crippen LogP contribution in [0.4, 0.5) is 0 Å². The predicted molar refractivity (Wildman–Crippen MR) is 174 cm³/mol. The van der Waals surface area contributed by atoms with E-state index in [1.54, 1.807) is 0 Å². The number of aromatic nitrogens is 1. The van der Waals surface area contributed by atoms with Gasteiger partial charge in [-0.2, -0.15) is 0 Å².